The third kappa shape index (κ3) is 4.03. The quantitative estimate of drug-likeness (QED) is 0.554. The van der Waals surface area contributed by atoms with Crippen LogP contribution >= 0.6 is 0 Å². The van der Waals surface area contributed by atoms with E-state index in [0.717, 1.165) is 5.56 Å². The number of hydrogen-bond donors (Lipinski definition) is 0. The Morgan fingerprint density at radius 1 is 1.21 bits per heavy atom. The fraction of sp³-hybridized carbons (Fsp3) is 0.217. The summed E-state index contributed by atoms with van der Waals surface area (Å²) in [5.41, 5.74) is 2.06. The lowest BCUT2D eigenvalue weighted by atomic mass is 9.83. The Labute approximate surface area is 163 Å². The zero-order chi connectivity index (χ0) is 20.1. The predicted octanol–water partition coefficient (Wildman–Crippen LogP) is 4.35. The number of hydrogen-bond acceptors (Lipinski definition) is 3. The molecule has 1 unspecified atom stereocenters. The van der Waals surface area contributed by atoms with Crippen molar-refractivity contribution in [3.05, 3.63) is 95.5 Å². The van der Waals surface area contributed by atoms with Crippen molar-refractivity contribution < 1.29 is 18.7 Å². The van der Waals surface area contributed by atoms with Gasteiger partial charge in [0.05, 0.1) is 12.1 Å². The highest BCUT2D eigenvalue weighted by Crippen LogP contribution is 2.38. The lowest BCUT2D eigenvalue weighted by molar-refractivity contribution is -0.139. The summed E-state index contributed by atoms with van der Waals surface area (Å²) in [5, 5.41) is 0. The number of benzene rings is 2. The summed E-state index contributed by atoms with van der Waals surface area (Å²) in [6, 6.07) is 15.7. The van der Waals surface area contributed by atoms with Gasteiger partial charge in [0.15, 0.2) is 0 Å². The number of carbonyl (C=O) groups is 2. The minimum atomic E-state index is -0.682. The highest BCUT2D eigenvalue weighted by Gasteiger charge is 2.37. The van der Waals surface area contributed by atoms with Gasteiger partial charge in [-0.1, -0.05) is 61.2 Å². The lowest BCUT2D eigenvalue weighted by Crippen LogP contribution is -2.38. The van der Waals surface area contributed by atoms with Gasteiger partial charge in [-0.05, 0) is 24.1 Å². The Balaban J connectivity index is 2.04. The molecule has 0 spiro atoms. The molecule has 0 aliphatic carbocycles. The molecule has 1 aliphatic heterocycles. The second-order valence-corrected chi connectivity index (χ2v) is 6.63. The van der Waals surface area contributed by atoms with Crippen molar-refractivity contribution in [2.24, 2.45) is 0 Å². The molecule has 1 amide bonds. The van der Waals surface area contributed by atoms with Gasteiger partial charge in [-0.25, -0.2) is 9.18 Å². The average Bonchev–Trinajstić information content (AvgIpc) is 2.70. The molecule has 4 nitrogen and oxygen atoms in total. The molecule has 0 radical (unpaired) electrons. The van der Waals surface area contributed by atoms with Gasteiger partial charge in [0.2, 0.25) is 5.91 Å². The molecule has 1 atom stereocenters. The topological polar surface area (TPSA) is 46.6 Å². The van der Waals surface area contributed by atoms with Crippen LogP contribution in [0.2, 0.25) is 0 Å². The Hall–Kier alpha value is -3.21. The van der Waals surface area contributed by atoms with Crippen LogP contribution in [0.25, 0.3) is 0 Å². The number of ether oxygens (including phenoxy) is 1. The lowest BCUT2D eigenvalue weighted by Gasteiger charge is -2.34. The molecule has 28 heavy (non-hydrogen) atoms. The normalized spacial score (nSPS) is 16.9. The smallest absolute Gasteiger partial charge is 0.336 e. The Morgan fingerprint density at radius 2 is 1.89 bits per heavy atom. The molecule has 1 aliphatic rings. The largest absolute Gasteiger partial charge is 0.458 e. The number of amides is 1. The number of carbonyl (C=O) groups excluding carboxylic acids is 2. The van der Waals surface area contributed by atoms with Crippen molar-refractivity contribution in [1.29, 1.82) is 0 Å². The molecule has 0 fully saturated rings. The van der Waals surface area contributed by atoms with E-state index in [1.807, 2.05) is 30.3 Å². The molecule has 5 heteroatoms. The monoisotopic (exact) mass is 379 g/mol. The van der Waals surface area contributed by atoms with E-state index in [0.29, 0.717) is 23.4 Å². The van der Waals surface area contributed by atoms with Gasteiger partial charge in [0, 0.05) is 18.0 Å². The molecule has 2 aromatic carbocycles. The summed E-state index contributed by atoms with van der Waals surface area (Å²) < 4.78 is 19.7. The summed E-state index contributed by atoms with van der Waals surface area (Å²) in [6.45, 7) is 5.65. The summed E-state index contributed by atoms with van der Waals surface area (Å²) in [7, 11) is 0. The van der Waals surface area contributed by atoms with Gasteiger partial charge in [-0.15, -0.1) is 0 Å². The molecule has 0 aromatic heterocycles. The molecule has 2 aromatic rings. The van der Waals surface area contributed by atoms with Crippen molar-refractivity contribution in [1.82, 2.24) is 4.90 Å². The van der Waals surface area contributed by atoms with E-state index in [4.69, 9.17) is 4.74 Å². The number of rotatable bonds is 6. The van der Waals surface area contributed by atoms with Crippen LogP contribution < -0.4 is 0 Å². The fourth-order valence-corrected chi connectivity index (χ4v) is 3.47. The van der Waals surface area contributed by atoms with Crippen LogP contribution in [0.5, 0.6) is 0 Å². The van der Waals surface area contributed by atoms with Crippen molar-refractivity contribution in [3.8, 4) is 0 Å². The summed E-state index contributed by atoms with van der Waals surface area (Å²) >= 11 is 0. The maximum atomic E-state index is 14.4. The molecule has 0 N–H and O–H groups in total. The van der Waals surface area contributed by atoms with Crippen molar-refractivity contribution in [3.63, 3.8) is 0 Å². The van der Waals surface area contributed by atoms with E-state index >= 15 is 0 Å². The maximum absolute atomic E-state index is 14.4. The molecule has 144 valence electrons. The summed E-state index contributed by atoms with van der Waals surface area (Å²) in [6.07, 6.45) is 1.48. The molecular weight excluding hydrogens is 357 g/mol. The van der Waals surface area contributed by atoms with E-state index in [2.05, 4.69) is 6.58 Å². The Morgan fingerprint density at radius 3 is 2.57 bits per heavy atom. The number of nitrogens with zero attached hydrogens (tertiary/aromatic N) is 1. The second kappa shape index (κ2) is 8.65. The number of allylic oxidation sites excluding steroid dienone is 1. The SMILES string of the molecule is C=CCOC(=O)C1=C(C)N(Cc2ccccc2)C(=O)CC1c1ccccc1F. The first-order valence-corrected chi connectivity index (χ1v) is 9.10. The second-order valence-electron chi connectivity index (χ2n) is 6.63. The molecule has 1 heterocycles. The zero-order valence-electron chi connectivity index (χ0n) is 15.7. The highest BCUT2D eigenvalue weighted by molar-refractivity contribution is 5.95. The van der Waals surface area contributed by atoms with Gasteiger partial charge in [0.25, 0.3) is 0 Å². The van der Waals surface area contributed by atoms with Crippen LogP contribution in [0, 0.1) is 5.82 Å². The van der Waals surface area contributed by atoms with E-state index in [1.54, 1.807) is 30.0 Å². The van der Waals surface area contributed by atoms with E-state index in [9.17, 15) is 14.0 Å². The first kappa shape index (κ1) is 19.5. The molecule has 0 saturated heterocycles. The molecule has 0 saturated carbocycles. The third-order valence-electron chi connectivity index (χ3n) is 4.84. The maximum Gasteiger partial charge on any atom is 0.336 e. The summed E-state index contributed by atoms with van der Waals surface area (Å²) in [4.78, 5) is 27.2. The van der Waals surface area contributed by atoms with E-state index < -0.39 is 17.7 Å². The van der Waals surface area contributed by atoms with Crippen LogP contribution in [0.3, 0.4) is 0 Å². The fourth-order valence-electron chi connectivity index (χ4n) is 3.47. The van der Waals surface area contributed by atoms with Gasteiger partial charge in [-0.3, -0.25) is 4.79 Å². The molecule has 3 rings (SSSR count). The minimum Gasteiger partial charge on any atom is -0.458 e. The number of halogens is 1. The molecular formula is C23H22FNO3. The number of esters is 1. The van der Waals surface area contributed by atoms with Crippen molar-refractivity contribution in [2.45, 2.75) is 25.8 Å². The first-order chi connectivity index (χ1) is 13.5. The highest BCUT2D eigenvalue weighted by atomic mass is 19.1. The van der Waals surface area contributed by atoms with E-state index in [-0.39, 0.29) is 18.9 Å². The van der Waals surface area contributed by atoms with Crippen molar-refractivity contribution in [2.75, 3.05) is 6.61 Å². The van der Waals surface area contributed by atoms with Crippen LogP contribution in [-0.2, 0) is 20.9 Å². The van der Waals surface area contributed by atoms with Crippen LogP contribution in [-0.4, -0.2) is 23.4 Å². The van der Waals surface area contributed by atoms with Crippen LogP contribution in [0.4, 0.5) is 4.39 Å². The molecule has 0 bridgehead atoms. The Bertz CT molecular complexity index is 920. The Kier molecular flexibility index (Phi) is 6.04. The average molecular weight is 379 g/mol. The standard InChI is InChI=1S/C23H22FNO3/c1-3-13-28-23(27)22-16(2)25(15-17-9-5-4-6-10-17)21(26)14-19(22)18-11-7-8-12-20(18)24/h3-12,19H,1,13-15H2,2H3. The van der Waals surface area contributed by atoms with E-state index in [1.165, 1.54) is 12.1 Å². The van der Waals surface area contributed by atoms with Crippen molar-refractivity contribution >= 4 is 11.9 Å². The van der Waals surface area contributed by atoms with Crippen LogP contribution in [0.15, 0.2) is 78.5 Å². The zero-order valence-corrected chi connectivity index (χ0v) is 15.7. The van der Waals surface area contributed by atoms with Gasteiger partial charge < -0.3 is 9.64 Å². The minimum absolute atomic E-state index is 0.00360. The first-order valence-electron chi connectivity index (χ1n) is 9.10. The van der Waals surface area contributed by atoms with Gasteiger partial charge >= 0.3 is 5.97 Å². The van der Waals surface area contributed by atoms with Gasteiger partial charge in [0.1, 0.15) is 12.4 Å². The van der Waals surface area contributed by atoms with Gasteiger partial charge in [-0.2, -0.15) is 0 Å². The van der Waals surface area contributed by atoms with Crippen LogP contribution in [0.1, 0.15) is 30.4 Å². The third-order valence-corrected chi connectivity index (χ3v) is 4.84. The predicted molar refractivity (Wildman–Crippen MR) is 105 cm³/mol. The summed E-state index contributed by atoms with van der Waals surface area (Å²) in [5.74, 6) is -1.84.